The van der Waals surface area contributed by atoms with Gasteiger partial charge in [-0.1, -0.05) is 41.9 Å². The monoisotopic (exact) mass is 494 g/mol. The number of benzene rings is 2. The highest BCUT2D eigenvalue weighted by Crippen LogP contribution is 2.36. The zero-order valence-electron chi connectivity index (χ0n) is 18.0. The molecule has 1 N–H and O–H groups in total. The van der Waals surface area contributed by atoms with Gasteiger partial charge >= 0.3 is 6.18 Å². The van der Waals surface area contributed by atoms with Gasteiger partial charge in [-0.3, -0.25) is 0 Å². The van der Waals surface area contributed by atoms with E-state index >= 15 is 0 Å². The predicted molar refractivity (Wildman–Crippen MR) is 123 cm³/mol. The molecular weight excluding hydrogens is 469 g/mol. The summed E-state index contributed by atoms with van der Waals surface area (Å²) >= 11 is 3.20. The fourth-order valence-electron chi connectivity index (χ4n) is 3.39. The van der Waals surface area contributed by atoms with Gasteiger partial charge in [0.15, 0.2) is 5.82 Å². The van der Waals surface area contributed by atoms with E-state index in [9.17, 15) is 13.2 Å². The van der Waals surface area contributed by atoms with Crippen LogP contribution in [0.5, 0.6) is 0 Å². The SMILES string of the molecule is CC(C)c1cccc2c(NCCCN(C)C)nc(-c3cc(Br)cc(C(F)(F)F)c3)nc12. The fourth-order valence-corrected chi connectivity index (χ4v) is 3.88. The first-order chi connectivity index (χ1) is 14.6. The molecule has 0 aliphatic rings. The number of nitrogens with zero attached hydrogens (tertiary/aromatic N) is 3. The molecule has 0 saturated heterocycles. The van der Waals surface area contributed by atoms with Crippen molar-refractivity contribution in [3.8, 4) is 11.4 Å². The number of aromatic nitrogens is 2. The summed E-state index contributed by atoms with van der Waals surface area (Å²) in [5.74, 6) is 1.11. The molecule has 0 atom stereocenters. The molecule has 0 saturated carbocycles. The minimum absolute atomic E-state index is 0.210. The molecule has 2 aromatic carbocycles. The zero-order chi connectivity index (χ0) is 22.8. The fraction of sp³-hybridized carbons (Fsp3) is 0.391. The summed E-state index contributed by atoms with van der Waals surface area (Å²) in [5.41, 5.74) is 1.37. The van der Waals surface area contributed by atoms with Crippen molar-refractivity contribution in [2.24, 2.45) is 0 Å². The first-order valence-corrected chi connectivity index (χ1v) is 10.9. The number of alkyl halides is 3. The van der Waals surface area contributed by atoms with E-state index in [-0.39, 0.29) is 11.7 Å². The maximum absolute atomic E-state index is 13.4. The van der Waals surface area contributed by atoms with Crippen LogP contribution in [0.25, 0.3) is 22.3 Å². The normalized spacial score (nSPS) is 12.2. The van der Waals surface area contributed by atoms with Gasteiger partial charge in [-0.05, 0) is 62.8 Å². The number of hydrogen-bond acceptors (Lipinski definition) is 4. The number of nitrogens with one attached hydrogen (secondary N) is 1. The van der Waals surface area contributed by atoms with Crippen molar-refractivity contribution in [2.75, 3.05) is 32.5 Å². The Bertz CT molecular complexity index is 1060. The quantitative estimate of drug-likeness (QED) is 0.377. The molecule has 8 heteroatoms. The van der Waals surface area contributed by atoms with E-state index in [1.807, 2.05) is 32.3 Å². The number of halogens is 4. The van der Waals surface area contributed by atoms with Gasteiger partial charge in [0.05, 0.1) is 11.1 Å². The molecule has 0 unspecified atom stereocenters. The summed E-state index contributed by atoms with van der Waals surface area (Å²) in [6.45, 7) is 5.76. The van der Waals surface area contributed by atoms with Crippen LogP contribution in [0, 0.1) is 0 Å². The lowest BCUT2D eigenvalue weighted by atomic mass is 9.99. The molecule has 4 nitrogen and oxygen atoms in total. The van der Waals surface area contributed by atoms with Crippen LogP contribution in [0.3, 0.4) is 0 Å². The molecule has 0 radical (unpaired) electrons. The Morgan fingerprint density at radius 1 is 1.10 bits per heavy atom. The minimum atomic E-state index is -4.45. The Hall–Kier alpha value is -2.19. The van der Waals surface area contributed by atoms with E-state index in [0.717, 1.165) is 41.6 Å². The Balaban J connectivity index is 2.14. The first-order valence-electron chi connectivity index (χ1n) is 10.1. The Labute approximate surface area is 189 Å². The van der Waals surface area contributed by atoms with Crippen LogP contribution in [0.1, 0.15) is 37.3 Å². The van der Waals surface area contributed by atoms with E-state index < -0.39 is 11.7 Å². The van der Waals surface area contributed by atoms with Crippen LogP contribution < -0.4 is 5.32 Å². The molecule has 1 heterocycles. The number of fused-ring (bicyclic) bond motifs is 1. The maximum atomic E-state index is 13.4. The lowest BCUT2D eigenvalue weighted by Crippen LogP contribution is -2.17. The van der Waals surface area contributed by atoms with Crippen molar-refractivity contribution in [1.29, 1.82) is 0 Å². The van der Waals surface area contributed by atoms with Crippen molar-refractivity contribution in [3.63, 3.8) is 0 Å². The van der Waals surface area contributed by atoms with E-state index in [4.69, 9.17) is 4.98 Å². The van der Waals surface area contributed by atoms with Crippen molar-refractivity contribution >= 4 is 32.7 Å². The summed E-state index contributed by atoms with van der Waals surface area (Å²) in [6, 6.07) is 9.68. The molecule has 166 valence electrons. The van der Waals surface area contributed by atoms with Crippen LogP contribution >= 0.6 is 15.9 Å². The molecule has 0 aliphatic heterocycles. The van der Waals surface area contributed by atoms with Gasteiger partial charge in [-0.15, -0.1) is 0 Å². The van der Waals surface area contributed by atoms with Crippen molar-refractivity contribution in [2.45, 2.75) is 32.4 Å². The Kier molecular flexibility index (Phi) is 7.21. The van der Waals surface area contributed by atoms with Crippen LogP contribution in [0.15, 0.2) is 40.9 Å². The molecule has 0 amide bonds. The van der Waals surface area contributed by atoms with Crippen molar-refractivity contribution in [1.82, 2.24) is 14.9 Å². The Morgan fingerprint density at radius 3 is 2.48 bits per heavy atom. The number of hydrogen-bond donors (Lipinski definition) is 1. The third-order valence-electron chi connectivity index (χ3n) is 4.94. The van der Waals surface area contributed by atoms with Gasteiger partial charge in [0.25, 0.3) is 0 Å². The standard InChI is InChI=1S/C23H26BrF3N4/c1-14(2)18-7-5-8-19-20(18)29-21(30-22(19)28-9-6-10-31(3)4)15-11-16(23(25,26)27)13-17(24)12-15/h5,7-8,11-14H,6,9-10H2,1-4H3,(H,28,29,30). The van der Waals surface area contributed by atoms with Gasteiger partial charge in [-0.25, -0.2) is 9.97 Å². The molecule has 0 fully saturated rings. The van der Waals surface area contributed by atoms with Crippen LogP contribution in [-0.2, 0) is 6.18 Å². The lowest BCUT2D eigenvalue weighted by Gasteiger charge is -2.16. The van der Waals surface area contributed by atoms with E-state index in [0.29, 0.717) is 22.4 Å². The average Bonchev–Trinajstić information content (AvgIpc) is 2.69. The van der Waals surface area contributed by atoms with E-state index in [1.165, 1.54) is 0 Å². The van der Waals surface area contributed by atoms with Gasteiger partial charge in [0, 0.05) is 22.0 Å². The summed E-state index contributed by atoms with van der Waals surface area (Å²) in [6.07, 6.45) is -3.54. The minimum Gasteiger partial charge on any atom is -0.369 e. The topological polar surface area (TPSA) is 41.0 Å². The molecule has 3 rings (SSSR count). The highest BCUT2D eigenvalue weighted by Gasteiger charge is 2.31. The summed E-state index contributed by atoms with van der Waals surface area (Å²) in [5, 5.41) is 4.23. The van der Waals surface area contributed by atoms with Crippen LogP contribution in [0.4, 0.5) is 19.0 Å². The molecular formula is C23H26BrF3N4. The molecule has 3 aromatic rings. The van der Waals surface area contributed by atoms with Crippen LogP contribution in [0.2, 0.25) is 0 Å². The maximum Gasteiger partial charge on any atom is 0.416 e. The summed E-state index contributed by atoms with van der Waals surface area (Å²) < 4.78 is 40.4. The molecule has 0 spiro atoms. The Morgan fingerprint density at radius 2 is 1.84 bits per heavy atom. The second kappa shape index (κ2) is 9.53. The van der Waals surface area contributed by atoms with Gasteiger partial charge in [0.1, 0.15) is 5.82 Å². The molecule has 1 aromatic heterocycles. The summed E-state index contributed by atoms with van der Waals surface area (Å²) in [4.78, 5) is 11.4. The van der Waals surface area contributed by atoms with E-state index in [1.54, 1.807) is 6.07 Å². The van der Waals surface area contributed by atoms with E-state index in [2.05, 4.69) is 45.0 Å². The number of anilines is 1. The number of para-hydroxylation sites is 1. The molecule has 0 aliphatic carbocycles. The van der Waals surface area contributed by atoms with Crippen molar-refractivity contribution in [3.05, 3.63) is 52.0 Å². The van der Waals surface area contributed by atoms with Gasteiger partial charge in [-0.2, -0.15) is 13.2 Å². The predicted octanol–water partition coefficient (Wildman–Crippen LogP) is 6.57. The first kappa shape index (κ1) is 23.5. The highest BCUT2D eigenvalue weighted by atomic mass is 79.9. The second-order valence-electron chi connectivity index (χ2n) is 8.10. The van der Waals surface area contributed by atoms with Crippen molar-refractivity contribution < 1.29 is 13.2 Å². The molecule has 31 heavy (non-hydrogen) atoms. The number of rotatable bonds is 7. The lowest BCUT2D eigenvalue weighted by molar-refractivity contribution is -0.137. The van der Waals surface area contributed by atoms with Gasteiger partial charge < -0.3 is 10.2 Å². The third kappa shape index (κ3) is 5.74. The largest absolute Gasteiger partial charge is 0.416 e. The third-order valence-corrected chi connectivity index (χ3v) is 5.40. The second-order valence-corrected chi connectivity index (χ2v) is 9.02. The smallest absolute Gasteiger partial charge is 0.369 e. The molecule has 0 bridgehead atoms. The average molecular weight is 495 g/mol. The highest BCUT2D eigenvalue weighted by molar-refractivity contribution is 9.10. The summed E-state index contributed by atoms with van der Waals surface area (Å²) in [7, 11) is 4.03. The van der Waals surface area contributed by atoms with Crippen LogP contribution in [-0.4, -0.2) is 42.1 Å². The van der Waals surface area contributed by atoms with Gasteiger partial charge in [0.2, 0.25) is 0 Å². The zero-order valence-corrected chi connectivity index (χ0v) is 19.6.